The number of rotatable bonds is 3. The van der Waals surface area contributed by atoms with Gasteiger partial charge in [0.05, 0.1) is 0 Å². The SMILES string of the molecule is C=C(C)NNc1nnc2c(n1)[nH]c1ccccc12. The third kappa shape index (κ3) is 1.73. The van der Waals surface area contributed by atoms with Gasteiger partial charge >= 0.3 is 0 Å². The molecule has 1 aromatic carbocycles. The molecule has 0 radical (unpaired) electrons. The van der Waals surface area contributed by atoms with Crippen molar-refractivity contribution in [1.82, 2.24) is 25.6 Å². The number of nitrogens with zero attached hydrogens (tertiary/aromatic N) is 3. The average Bonchev–Trinajstić information content (AvgIpc) is 2.73. The molecule has 0 aliphatic rings. The molecule has 0 amide bonds. The number of nitrogens with one attached hydrogen (secondary N) is 3. The van der Waals surface area contributed by atoms with Crippen LogP contribution >= 0.6 is 0 Å². The van der Waals surface area contributed by atoms with Crippen molar-refractivity contribution < 1.29 is 0 Å². The van der Waals surface area contributed by atoms with Gasteiger partial charge in [-0.2, -0.15) is 4.98 Å². The molecule has 0 fully saturated rings. The molecule has 0 spiro atoms. The van der Waals surface area contributed by atoms with Gasteiger partial charge in [0.1, 0.15) is 5.52 Å². The number of hydrogen-bond donors (Lipinski definition) is 3. The van der Waals surface area contributed by atoms with Crippen LogP contribution in [0.5, 0.6) is 0 Å². The first kappa shape index (κ1) is 10.5. The molecule has 0 bridgehead atoms. The Balaban J connectivity index is 2.07. The number of benzene rings is 1. The van der Waals surface area contributed by atoms with Crippen LogP contribution in [0.3, 0.4) is 0 Å². The summed E-state index contributed by atoms with van der Waals surface area (Å²) in [7, 11) is 0. The summed E-state index contributed by atoms with van der Waals surface area (Å²) in [4.78, 5) is 7.54. The van der Waals surface area contributed by atoms with Crippen molar-refractivity contribution >= 4 is 28.0 Å². The zero-order valence-corrected chi connectivity index (χ0v) is 9.86. The second-order valence-electron chi connectivity index (χ2n) is 4.03. The van der Waals surface area contributed by atoms with Crippen LogP contribution in [0.1, 0.15) is 6.92 Å². The summed E-state index contributed by atoms with van der Waals surface area (Å²) >= 11 is 0. The summed E-state index contributed by atoms with van der Waals surface area (Å²) in [5.41, 5.74) is 8.91. The molecule has 3 rings (SSSR count). The molecule has 3 aromatic rings. The first-order valence-corrected chi connectivity index (χ1v) is 5.53. The molecule has 0 unspecified atom stereocenters. The highest BCUT2D eigenvalue weighted by atomic mass is 15.4. The maximum absolute atomic E-state index is 4.34. The Morgan fingerprint density at radius 3 is 2.94 bits per heavy atom. The summed E-state index contributed by atoms with van der Waals surface area (Å²) in [6.07, 6.45) is 0. The van der Waals surface area contributed by atoms with Crippen molar-refractivity contribution in [3.63, 3.8) is 0 Å². The average molecular weight is 240 g/mol. The highest BCUT2D eigenvalue weighted by molar-refractivity contribution is 6.03. The summed E-state index contributed by atoms with van der Waals surface area (Å²) in [5.74, 6) is 0.400. The van der Waals surface area contributed by atoms with Crippen LogP contribution in [-0.2, 0) is 0 Å². The molecule has 90 valence electrons. The fourth-order valence-corrected chi connectivity index (χ4v) is 1.74. The molecule has 0 atom stereocenters. The van der Waals surface area contributed by atoms with E-state index in [1.165, 1.54) is 0 Å². The van der Waals surface area contributed by atoms with Crippen molar-refractivity contribution in [2.24, 2.45) is 0 Å². The molecular formula is C12H12N6. The molecule has 3 N–H and O–H groups in total. The molecular weight excluding hydrogens is 228 g/mol. The lowest BCUT2D eigenvalue weighted by molar-refractivity contribution is 0.905. The Morgan fingerprint density at radius 2 is 2.11 bits per heavy atom. The van der Waals surface area contributed by atoms with Gasteiger partial charge in [-0.25, -0.2) is 0 Å². The van der Waals surface area contributed by atoms with Gasteiger partial charge in [-0.05, 0) is 13.0 Å². The van der Waals surface area contributed by atoms with Gasteiger partial charge < -0.3 is 10.4 Å². The maximum Gasteiger partial charge on any atom is 0.263 e. The Bertz CT molecular complexity index is 730. The molecule has 0 aliphatic heterocycles. The third-order valence-corrected chi connectivity index (χ3v) is 2.51. The molecule has 0 saturated heterocycles. The zero-order chi connectivity index (χ0) is 12.5. The number of hydrazine groups is 1. The highest BCUT2D eigenvalue weighted by Crippen LogP contribution is 2.21. The smallest absolute Gasteiger partial charge is 0.263 e. The predicted octanol–water partition coefficient (Wildman–Crippen LogP) is 1.96. The van der Waals surface area contributed by atoms with E-state index in [0.717, 1.165) is 22.1 Å². The van der Waals surface area contributed by atoms with Gasteiger partial charge in [0.25, 0.3) is 5.95 Å². The summed E-state index contributed by atoms with van der Waals surface area (Å²) < 4.78 is 0. The van der Waals surface area contributed by atoms with Crippen LogP contribution in [0, 0.1) is 0 Å². The van der Waals surface area contributed by atoms with Crippen molar-refractivity contribution in [3.05, 3.63) is 36.5 Å². The summed E-state index contributed by atoms with van der Waals surface area (Å²) in [6.45, 7) is 5.55. The number of allylic oxidation sites excluding steroid dienone is 1. The Labute approximate surface area is 103 Å². The van der Waals surface area contributed by atoms with Crippen LogP contribution in [0.25, 0.3) is 22.1 Å². The van der Waals surface area contributed by atoms with Crippen molar-refractivity contribution in [1.29, 1.82) is 0 Å². The quantitative estimate of drug-likeness (QED) is 0.610. The van der Waals surface area contributed by atoms with Gasteiger partial charge in [0, 0.05) is 16.6 Å². The van der Waals surface area contributed by atoms with Crippen molar-refractivity contribution in [2.75, 3.05) is 5.43 Å². The second-order valence-corrected chi connectivity index (χ2v) is 4.03. The fraction of sp³-hybridized carbons (Fsp3) is 0.0833. The van der Waals surface area contributed by atoms with E-state index in [9.17, 15) is 0 Å². The first-order valence-electron chi connectivity index (χ1n) is 5.53. The standard InChI is InChI=1S/C12H12N6/c1-7(2)15-17-12-14-11-10(16-18-12)8-5-3-4-6-9(8)13-11/h3-6,15H,1H2,2H3,(H2,13,14,17,18). The van der Waals surface area contributed by atoms with Crippen molar-refractivity contribution in [2.45, 2.75) is 6.92 Å². The monoisotopic (exact) mass is 240 g/mol. The molecule has 0 saturated carbocycles. The molecule has 0 aliphatic carbocycles. The Hall–Kier alpha value is -2.63. The highest BCUT2D eigenvalue weighted by Gasteiger charge is 2.07. The van der Waals surface area contributed by atoms with E-state index < -0.39 is 0 Å². The molecule has 18 heavy (non-hydrogen) atoms. The van der Waals surface area contributed by atoms with Crippen LogP contribution in [0.2, 0.25) is 0 Å². The lowest BCUT2D eigenvalue weighted by Crippen LogP contribution is -2.20. The van der Waals surface area contributed by atoms with Gasteiger partial charge in [0.2, 0.25) is 0 Å². The van der Waals surface area contributed by atoms with E-state index in [1.54, 1.807) is 0 Å². The maximum atomic E-state index is 4.34. The fourth-order valence-electron chi connectivity index (χ4n) is 1.74. The van der Waals surface area contributed by atoms with Crippen molar-refractivity contribution in [3.8, 4) is 0 Å². The molecule has 2 heterocycles. The van der Waals surface area contributed by atoms with Gasteiger partial charge in [-0.1, -0.05) is 24.8 Å². The third-order valence-electron chi connectivity index (χ3n) is 2.51. The molecule has 6 heteroatoms. The first-order chi connectivity index (χ1) is 8.74. The van der Waals surface area contributed by atoms with Gasteiger partial charge in [-0.3, -0.25) is 5.43 Å². The van der Waals surface area contributed by atoms with Crippen LogP contribution in [0.15, 0.2) is 36.5 Å². The van der Waals surface area contributed by atoms with Gasteiger partial charge in [0.15, 0.2) is 5.65 Å². The topological polar surface area (TPSA) is 78.5 Å². The number of hydrogen-bond acceptors (Lipinski definition) is 5. The zero-order valence-electron chi connectivity index (χ0n) is 9.86. The van der Waals surface area contributed by atoms with E-state index in [0.29, 0.717) is 11.6 Å². The summed E-state index contributed by atoms with van der Waals surface area (Å²) in [5, 5.41) is 9.20. The number of para-hydroxylation sites is 1. The normalized spacial score (nSPS) is 10.7. The lowest BCUT2D eigenvalue weighted by atomic mass is 10.2. The van der Waals surface area contributed by atoms with Crippen LogP contribution < -0.4 is 10.9 Å². The van der Waals surface area contributed by atoms with E-state index in [1.807, 2.05) is 31.2 Å². The number of H-pyrrole nitrogens is 1. The largest absolute Gasteiger partial charge is 0.338 e. The number of aromatic amines is 1. The lowest BCUT2D eigenvalue weighted by Gasteiger charge is -2.05. The summed E-state index contributed by atoms with van der Waals surface area (Å²) in [6, 6.07) is 7.90. The minimum atomic E-state index is 0.400. The minimum Gasteiger partial charge on any atom is -0.338 e. The van der Waals surface area contributed by atoms with E-state index in [4.69, 9.17) is 0 Å². The van der Waals surface area contributed by atoms with Gasteiger partial charge in [-0.15, -0.1) is 10.2 Å². The number of anilines is 1. The second kappa shape index (κ2) is 3.99. The Morgan fingerprint density at radius 1 is 1.28 bits per heavy atom. The number of aromatic nitrogens is 4. The minimum absolute atomic E-state index is 0.400. The Kier molecular flexibility index (Phi) is 2.33. The molecule has 2 aromatic heterocycles. The van der Waals surface area contributed by atoms with E-state index in [-0.39, 0.29) is 0 Å². The van der Waals surface area contributed by atoms with Crippen LogP contribution in [-0.4, -0.2) is 20.2 Å². The van der Waals surface area contributed by atoms with Crippen LogP contribution in [0.4, 0.5) is 5.95 Å². The predicted molar refractivity (Wildman–Crippen MR) is 70.8 cm³/mol. The number of fused-ring (bicyclic) bond motifs is 3. The van der Waals surface area contributed by atoms with E-state index in [2.05, 4.69) is 37.6 Å². The van der Waals surface area contributed by atoms with E-state index >= 15 is 0 Å². The molecule has 6 nitrogen and oxygen atoms in total.